The molecule has 0 aliphatic rings. The maximum absolute atomic E-state index is 9.68. The van der Waals surface area contributed by atoms with Gasteiger partial charge in [-0.05, 0) is 12.1 Å². The zero-order valence-corrected chi connectivity index (χ0v) is 7.50. The van der Waals surface area contributed by atoms with Crippen LogP contribution in [0.1, 0.15) is 11.9 Å². The Kier molecular flexibility index (Phi) is 2.24. The van der Waals surface area contributed by atoms with Gasteiger partial charge in [0.1, 0.15) is 11.9 Å². The van der Waals surface area contributed by atoms with Gasteiger partial charge in [0.2, 0.25) is 0 Å². The lowest BCUT2D eigenvalue weighted by atomic mass is 10.3. The number of nitrogens with two attached hydrogens (primary N) is 1. The molecule has 2 aromatic heterocycles. The fourth-order valence-corrected chi connectivity index (χ4v) is 1.23. The summed E-state index contributed by atoms with van der Waals surface area (Å²) < 4.78 is 6.62. The zero-order chi connectivity index (χ0) is 9.97. The van der Waals surface area contributed by atoms with Crippen LogP contribution in [0.25, 0.3) is 0 Å². The van der Waals surface area contributed by atoms with E-state index in [1.54, 1.807) is 23.0 Å². The molecule has 0 amide bonds. The quantitative estimate of drug-likeness (QED) is 0.755. The third-order valence-corrected chi connectivity index (χ3v) is 1.88. The summed E-state index contributed by atoms with van der Waals surface area (Å²) >= 11 is 0. The molecule has 1 unspecified atom stereocenters. The number of aliphatic hydroxyl groups excluding tert-OH is 1. The molecular formula is C9H11N3O2. The number of aliphatic hydroxyl groups is 1. The third-order valence-electron chi connectivity index (χ3n) is 1.88. The van der Waals surface area contributed by atoms with Crippen molar-refractivity contribution in [2.75, 3.05) is 5.73 Å². The lowest BCUT2D eigenvalue weighted by Gasteiger charge is -2.06. The maximum atomic E-state index is 9.68. The van der Waals surface area contributed by atoms with Crippen molar-refractivity contribution in [2.24, 2.45) is 0 Å². The van der Waals surface area contributed by atoms with E-state index in [0.717, 1.165) is 0 Å². The van der Waals surface area contributed by atoms with E-state index in [4.69, 9.17) is 10.2 Å². The number of hydrogen-bond donors (Lipinski definition) is 2. The number of nitrogens with zero attached hydrogens (tertiary/aromatic N) is 2. The summed E-state index contributed by atoms with van der Waals surface area (Å²) in [5, 5.41) is 13.6. The Balaban J connectivity index is 2.05. The molecule has 0 aliphatic carbocycles. The highest BCUT2D eigenvalue weighted by Gasteiger charge is 2.11. The highest BCUT2D eigenvalue weighted by Crippen LogP contribution is 2.15. The van der Waals surface area contributed by atoms with Gasteiger partial charge in [-0.2, -0.15) is 5.10 Å². The Morgan fingerprint density at radius 3 is 3.07 bits per heavy atom. The lowest BCUT2D eigenvalue weighted by Crippen LogP contribution is -2.08. The van der Waals surface area contributed by atoms with Crippen LogP contribution in [0.15, 0.2) is 35.2 Å². The van der Waals surface area contributed by atoms with E-state index >= 15 is 0 Å². The fourth-order valence-electron chi connectivity index (χ4n) is 1.23. The monoisotopic (exact) mass is 193 g/mol. The first-order valence-corrected chi connectivity index (χ1v) is 4.25. The van der Waals surface area contributed by atoms with Crippen molar-refractivity contribution >= 4 is 5.69 Å². The highest BCUT2D eigenvalue weighted by atomic mass is 16.4. The minimum Gasteiger partial charge on any atom is -0.467 e. The van der Waals surface area contributed by atoms with E-state index in [-0.39, 0.29) is 0 Å². The van der Waals surface area contributed by atoms with Gasteiger partial charge in [-0.3, -0.25) is 4.68 Å². The Morgan fingerprint density at radius 1 is 1.64 bits per heavy atom. The molecule has 0 bridgehead atoms. The van der Waals surface area contributed by atoms with Gasteiger partial charge in [0.05, 0.1) is 24.7 Å². The summed E-state index contributed by atoms with van der Waals surface area (Å²) in [5.74, 6) is 0.527. The average molecular weight is 193 g/mol. The van der Waals surface area contributed by atoms with Crippen molar-refractivity contribution in [3.05, 3.63) is 36.5 Å². The van der Waals surface area contributed by atoms with Gasteiger partial charge < -0.3 is 15.3 Å². The van der Waals surface area contributed by atoms with Gasteiger partial charge in [0, 0.05) is 6.20 Å². The number of nitrogen functional groups attached to an aromatic ring is 1. The highest BCUT2D eigenvalue weighted by molar-refractivity contribution is 5.30. The molecule has 0 fully saturated rings. The minimum atomic E-state index is -0.690. The van der Waals surface area contributed by atoms with Crippen LogP contribution >= 0.6 is 0 Å². The molecule has 0 spiro atoms. The summed E-state index contributed by atoms with van der Waals surface area (Å²) in [4.78, 5) is 0. The van der Waals surface area contributed by atoms with Crippen LogP contribution in [0.2, 0.25) is 0 Å². The second kappa shape index (κ2) is 3.55. The predicted octanol–water partition coefficient (Wildman–Crippen LogP) is 0.792. The van der Waals surface area contributed by atoms with Gasteiger partial charge in [0.25, 0.3) is 0 Å². The van der Waals surface area contributed by atoms with Gasteiger partial charge in [0.15, 0.2) is 0 Å². The molecular weight excluding hydrogens is 182 g/mol. The van der Waals surface area contributed by atoms with Crippen molar-refractivity contribution in [2.45, 2.75) is 12.6 Å². The van der Waals surface area contributed by atoms with E-state index in [2.05, 4.69) is 5.10 Å². The Bertz CT molecular complexity index is 394. The molecule has 2 heterocycles. The summed E-state index contributed by atoms with van der Waals surface area (Å²) in [7, 11) is 0. The molecule has 14 heavy (non-hydrogen) atoms. The van der Waals surface area contributed by atoms with Gasteiger partial charge in [-0.15, -0.1) is 0 Å². The van der Waals surface area contributed by atoms with Crippen LogP contribution in [-0.2, 0) is 6.54 Å². The minimum absolute atomic E-state index is 0.338. The molecule has 5 nitrogen and oxygen atoms in total. The summed E-state index contributed by atoms with van der Waals surface area (Å²) in [5.41, 5.74) is 6.06. The first-order valence-electron chi connectivity index (χ1n) is 4.25. The van der Waals surface area contributed by atoms with Gasteiger partial charge in [-0.25, -0.2) is 0 Å². The number of anilines is 1. The van der Waals surface area contributed by atoms with E-state index in [1.165, 1.54) is 12.5 Å². The van der Waals surface area contributed by atoms with Crippen molar-refractivity contribution in [3.8, 4) is 0 Å². The predicted molar refractivity (Wildman–Crippen MR) is 50.3 cm³/mol. The van der Waals surface area contributed by atoms with E-state index in [9.17, 15) is 5.11 Å². The van der Waals surface area contributed by atoms with Crippen molar-refractivity contribution in [1.29, 1.82) is 0 Å². The smallest absolute Gasteiger partial charge is 0.134 e. The molecule has 5 heteroatoms. The zero-order valence-electron chi connectivity index (χ0n) is 7.50. The van der Waals surface area contributed by atoms with Gasteiger partial charge >= 0.3 is 0 Å². The first-order chi connectivity index (χ1) is 6.75. The molecule has 0 aliphatic heterocycles. The molecule has 2 rings (SSSR count). The molecule has 0 aromatic carbocycles. The number of aromatic nitrogens is 2. The van der Waals surface area contributed by atoms with Gasteiger partial charge in [-0.1, -0.05) is 0 Å². The maximum Gasteiger partial charge on any atom is 0.134 e. The van der Waals surface area contributed by atoms with Crippen molar-refractivity contribution in [3.63, 3.8) is 0 Å². The van der Waals surface area contributed by atoms with Crippen molar-refractivity contribution in [1.82, 2.24) is 9.78 Å². The van der Waals surface area contributed by atoms with Crippen LogP contribution in [0.5, 0.6) is 0 Å². The molecule has 1 atom stereocenters. The SMILES string of the molecule is Nc1cnn(CC(O)c2ccco2)c1. The Morgan fingerprint density at radius 2 is 2.50 bits per heavy atom. The van der Waals surface area contributed by atoms with E-state index in [1.807, 2.05) is 0 Å². The molecule has 0 saturated heterocycles. The van der Waals surface area contributed by atoms with Crippen LogP contribution in [0.3, 0.4) is 0 Å². The molecule has 0 radical (unpaired) electrons. The molecule has 2 aromatic rings. The summed E-state index contributed by atoms with van der Waals surface area (Å²) in [6, 6.07) is 3.45. The van der Waals surface area contributed by atoms with Crippen molar-refractivity contribution < 1.29 is 9.52 Å². The standard InChI is InChI=1S/C9H11N3O2/c10-7-4-11-12(5-7)6-8(13)9-2-1-3-14-9/h1-5,8,13H,6,10H2. The molecule has 74 valence electrons. The Labute approximate surface area is 80.8 Å². The summed E-state index contributed by atoms with van der Waals surface area (Å²) in [6.45, 7) is 0.338. The normalized spacial score (nSPS) is 12.9. The fraction of sp³-hybridized carbons (Fsp3) is 0.222. The number of rotatable bonds is 3. The number of furan rings is 1. The van der Waals surface area contributed by atoms with Crippen LogP contribution in [0.4, 0.5) is 5.69 Å². The van der Waals surface area contributed by atoms with Crippen LogP contribution in [0, 0.1) is 0 Å². The topological polar surface area (TPSA) is 77.2 Å². The lowest BCUT2D eigenvalue weighted by molar-refractivity contribution is 0.126. The van der Waals surface area contributed by atoms with E-state index < -0.39 is 6.10 Å². The second-order valence-corrected chi connectivity index (χ2v) is 3.03. The number of hydrogen-bond acceptors (Lipinski definition) is 4. The Hall–Kier alpha value is -1.75. The molecule has 0 saturated carbocycles. The van der Waals surface area contributed by atoms with Crippen LogP contribution in [-0.4, -0.2) is 14.9 Å². The van der Waals surface area contributed by atoms with E-state index in [0.29, 0.717) is 18.0 Å². The second-order valence-electron chi connectivity index (χ2n) is 3.03. The largest absolute Gasteiger partial charge is 0.467 e. The third kappa shape index (κ3) is 1.77. The van der Waals surface area contributed by atoms with Crippen LogP contribution < -0.4 is 5.73 Å². The summed E-state index contributed by atoms with van der Waals surface area (Å²) in [6.07, 6.45) is 4.03. The average Bonchev–Trinajstić information content (AvgIpc) is 2.75. The first kappa shape index (κ1) is 8.83. The molecule has 3 N–H and O–H groups in total.